The number of hydrogen-bond acceptors (Lipinski definition) is 11. The number of aromatic carboxylic acids is 3. The third-order valence-corrected chi connectivity index (χ3v) is 22.1. The number of rotatable bonds is 17. The summed E-state index contributed by atoms with van der Waals surface area (Å²) in [4.78, 5) is 56.6. The van der Waals surface area contributed by atoms with Gasteiger partial charge in [0, 0.05) is 85.6 Å². The highest BCUT2D eigenvalue weighted by Crippen LogP contribution is 2.45. The van der Waals surface area contributed by atoms with Crippen molar-refractivity contribution in [1.82, 2.24) is 15.0 Å². The fraction of sp³-hybridized carbons (Fsp3) is 0.289. The molecule has 4 unspecified atom stereocenters. The molecular weight excluding hydrogens is 1180 g/mol. The Hall–Kier alpha value is -8.56. The predicted octanol–water partition coefficient (Wildman–Crippen LogP) is 20.1. The van der Waals surface area contributed by atoms with E-state index in [1.807, 2.05) is 54.6 Å². The number of anilines is 1. The number of aryl methyl sites for hydroxylation is 3. The van der Waals surface area contributed by atoms with Crippen LogP contribution in [0.2, 0.25) is 0 Å². The van der Waals surface area contributed by atoms with Gasteiger partial charge in [0.15, 0.2) is 0 Å². The molecule has 4 N–H and O–H groups in total. The Balaban J connectivity index is 0.801. The summed E-state index contributed by atoms with van der Waals surface area (Å²) in [7, 11) is 0. The molecular formula is C76H70N4O7S3. The van der Waals surface area contributed by atoms with Crippen LogP contribution in [0, 0.1) is 11.8 Å². The van der Waals surface area contributed by atoms with E-state index in [0.717, 1.165) is 139 Å². The van der Waals surface area contributed by atoms with E-state index in [9.17, 15) is 29.7 Å². The van der Waals surface area contributed by atoms with Gasteiger partial charge < -0.3 is 25.4 Å². The first kappa shape index (κ1) is 59.1. The highest BCUT2D eigenvalue weighted by atomic mass is 32.1. The van der Waals surface area contributed by atoms with Crippen LogP contribution in [-0.4, -0.2) is 60.3 Å². The summed E-state index contributed by atoms with van der Waals surface area (Å²) in [5.74, 6) is -2.18. The van der Waals surface area contributed by atoms with Gasteiger partial charge in [0.2, 0.25) is 0 Å². The van der Waals surface area contributed by atoms with Crippen LogP contribution in [0.3, 0.4) is 0 Å². The van der Waals surface area contributed by atoms with E-state index in [1.165, 1.54) is 0 Å². The smallest absolute Gasteiger partial charge is 0.336 e. The zero-order valence-corrected chi connectivity index (χ0v) is 53.3. The number of aromatic nitrogens is 3. The Bertz CT molecular complexity index is 4820. The molecule has 12 aromatic rings. The number of hydrogen-bond donors (Lipinski definition) is 4. The van der Waals surface area contributed by atoms with Crippen LogP contribution in [0.5, 0.6) is 5.75 Å². The van der Waals surface area contributed by atoms with Crippen LogP contribution in [0.15, 0.2) is 144 Å². The fourth-order valence-corrected chi connectivity index (χ4v) is 17.3. The molecule has 6 aromatic carbocycles. The third-order valence-electron chi connectivity index (χ3n) is 19.2. The quantitative estimate of drug-likeness (QED) is 0.0684. The topological polar surface area (TPSA) is 172 Å². The zero-order chi connectivity index (χ0) is 61.9. The maximum atomic E-state index is 13.9. The zero-order valence-electron chi connectivity index (χ0n) is 50.9. The Labute approximate surface area is 534 Å². The lowest BCUT2D eigenvalue weighted by Gasteiger charge is -2.34. The molecule has 6 aromatic heterocycles. The minimum Gasteiger partial charge on any atom is -0.489 e. The van der Waals surface area contributed by atoms with Gasteiger partial charge in [0.05, 0.1) is 55.7 Å². The molecule has 14 heteroatoms. The molecule has 14 rings (SSSR count). The van der Waals surface area contributed by atoms with Crippen molar-refractivity contribution in [1.29, 1.82) is 0 Å². The van der Waals surface area contributed by atoms with Crippen LogP contribution >= 0.6 is 34.0 Å². The molecule has 0 radical (unpaired) electrons. The molecule has 0 amide bonds. The SMILES string of the molecule is CCc1ccc(OC2CCCCC2CCc2ccc(NC3CCCCC3CCc3cc(C(C)(C)C)cc4c(C(=O)O)cc(-c5csc6ccccc56)nc34)c3c(C(=O)O)cc(-c4csc5ccccc45)nc23)c2c(C(=O)O)cc(-c3csc4ccccc34)nc12. The number of fused-ring (bicyclic) bond motifs is 6. The lowest BCUT2D eigenvalue weighted by atomic mass is 9.79. The van der Waals surface area contributed by atoms with Crippen LogP contribution in [-0.2, 0) is 24.7 Å². The van der Waals surface area contributed by atoms with Gasteiger partial charge >= 0.3 is 17.9 Å². The third kappa shape index (κ3) is 11.1. The lowest BCUT2D eigenvalue weighted by Crippen LogP contribution is -2.33. The summed E-state index contributed by atoms with van der Waals surface area (Å²) >= 11 is 4.88. The second-order valence-corrected chi connectivity index (χ2v) is 28.4. The van der Waals surface area contributed by atoms with Crippen molar-refractivity contribution in [3.63, 3.8) is 0 Å². The number of thiophene rings is 3. The maximum Gasteiger partial charge on any atom is 0.336 e. The monoisotopic (exact) mass is 1250 g/mol. The van der Waals surface area contributed by atoms with Gasteiger partial charge in [-0.2, -0.15) is 0 Å². The van der Waals surface area contributed by atoms with E-state index < -0.39 is 17.9 Å². The van der Waals surface area contributed by atoms with Gasteiger partial charge in [0.1, 0.15) is 11.9 Å². The minimum absolute atomic E-state index is 0.0174. The molecule has 90 heavy (non-hydrogen) atoms. The van der Waals surface area contributed by atoms with Crippen molar-refractivity contribution < 1.29 is 34.4 Å². The van der Waals surface area contributed by atoms with E-state index in [4.69, 9.17) is 19.7 Å². The molecule has 2 aliphatic carbocycles. The Morgan fingerprint density at radius 3 is 1.59 bits per heavy atom. The Kier molecular flexibility index (Phi) is 16.0. The van der Waals surface area contributed by atoms with Gasteiger partial charge in [-0.3, -0.25) is 0 Å². The van der Waals surface area contributed by atoms with Crippen molar-refractivity contribution in [2.75, 3.05) is 5.32 Å². The molecule has 0 aliphatic heterocycles. The standard InChI is InChI=1S/C76H70N4O7S3/c1-5-42-31-33-64(69-54(75(85)86)38-62(79-71(42)69)57-41-90-67-25-15-10-20-50(57)67)87-63-22-12-7-17-44(63)27-28-45-30-32-59(68-53(74(83)84)37-61(80-72(45)68)56-40-89-66-24-14-9-19-49(56)66)77-58-21-11-6-16-43(58)26-29-46-34-47(76(2,3)4)35-51-52(73(81)82)36-60(78-70(46)51)55-39-88-65-23-13-8-18-48(55)65/h8-10,13-15,18-20,23-25,30-41,43-44,58,63,77H,5-7,11-12,16-17,21-22,26-29H2,1-4H3,(H,81,82)(H,83,84)(H,85,86). The van der Waals surface area contributed by atoms with Crippen LogP contribution in [0.25, 0.3) is 96.7 Å². The summed E-state index contributed by atoms with van der Waals surface area (Å²) < 4.78 is 10.5. The lowest BCUT2D eigenvalue weighted by molar-refractivity contribution is 0.0687. The van der Waals surface area contributed by atoms with Crippen molar-refractivity contribution in [2.45, 2.75) is 129 Å². The molecule has 2 aliphatic rings. The largest absolute Gasteiger partial charge is 0.489 e. The van der Waals surface area contributed by atoms with Crippen LogP contribution in [0.1, 0.15) is 145 Å². The van der Waals surface area contributed by atoms with Crippen molar-refractivity contribution >= 4 is 121 Å². The van der Waals surface area contributed by atoms with Gasteiger partial charge in [-0.1, -0.05) is 120 Å². The molecule has 0 bridgehead atoms. The van der Waals surface area contributed by atoms with E-state index in [1.54, 1.807) is 52.2 Å². The van der Waals surface area contributed by atoms with E-state index >= 15 is 0 Å². The van der Waals surface area contributed by atoms with Gasteiger partial charge in [-0.15, -0.1) is 34.0 Å². The minimum atomic E-state index is -1.03. The van der Waals surface area contributed by atoms with Crippen molar-refractivity contribution in [3.05, 3.63) is 182 Å². The number of pyridine rings is 3. The second-order valence-electron chi connectivity index (χ2n) is 25.7. The maximum absolute atomic E-state index is 13.9. The highest BCUT2D eigenvalue weighted by molar-refractivity contribution is 7.18. The molecule has 454 valence electrons. The van der Waals surface area contributed by atoms with Crippen molar-refractivity contribution in [2.24, 2.45) is 11.8 Å². The van der Waals surface area contributed by atoms with Gasteiger partial charge in [0.25, 0.3) is 0 Å². The first-order chi connectivity index (χ1) is 43.7. The number of carboxylic acids is 3. The molecule has 0 saturated heterocycles. The summed E-state index contributed by atoms with van der Waals surface area (Å²) in [5, 5.41) is 48.2. The van der Waals surface area contributed by atoms with Gasteiger partial charge in [-0.25, -0.2) is 29.3 Å². The van der Waals surface area contributed by atoms with E-state index in [0.29, 0.717) is 74.8 Å². The first-order valence-electron chi connectivity index (χ1n) is 31.6. The predicted molar refractivity (Wildman–Crippen MR) is 369 cm³/mol. The number of nitrogens with zero attached hydrogens (tertiary/aromatic N) is 3. The number of carbonyl (C=O) groups is 3. The summed E-state index contributed by atoms with van der Waals surface area (Å²) in [6, 6.07) is 42.2. The fourth-order valence-electron chi connectivity index (χ4n) is 14.4. The number of nitrogens with one attached hydrogen (secondary N) is 1. The Morgan fingerprint density at radius 2 is 1.01 bits per heavy atom. The molecule has 2 fully saturated rings. The van der Waals surface area contributed by atoms with E-state index in [-0.39, 0.29) is 46.1 Å². The summed E-state index contributed by atoms with van der Waals surface area (Å²) in [5.41, 5.74) is 11.8. The van der Waals surface area contributed by atoms with Crippen LogP contribution in [0.4, 0.5) is 5.69 Å². The van der Waals surface area contributed by atoms with Gasteiger partial charge in [-0.05, 0) is 158 Å². The second kappa shape index (κ2) is 24.3. The highest BCUT2D eigenvalue weighted by Gasteiger charge is 2.32. The number of benzene rings is 6. The molecule has 11 nitrogen and oxygen atoms in total. The Morgan fingerprint density at radius 1 is 0.522 bits per heavy atom. The molecule has 6 heterocycles. The average molecular weight is 1250 g/mol. The van der Waals surface area contributed by atoms with E-state index in [2.05, 4.69) is 104 Å². The van der Waals surface area contributed by atoms with Crippen molar-refractivity contribution in [3.8, 4) is 39.5 Å². The first-order valence-corrected chi connectivity index (χ1v) is 34.3. The average Bonchev–Trinajstić information content (AvgIpc) is 1.10. The molecule has 0 spiro atoms. The number of carboxylic acid groups (broad SMARTS) is 3. The summed E-state index contributed by atoms with van der Waals surface area (Å²) in [6.45, 7) is 8.56. The normalized spacial score (nSPS) is 17.2. The molecule has 2 saturated carbocycles. The molecule has 4 atom stereocenters. The van der Waals surface area contributed by atoms with Crippen LogP contribution < -0.4 is 10.1 Å². The summed E-state index contributed by atoms with van der Waals surface area (Å²) in [6.07, 6.45) is 11.1. The number of ether oxygens (including phenoxy) is 1.